The van der Waals surface area contributed by atoms with E-state index in [9.17, 15) is 9.18 Å². The van der Waals surface area contributed by atoms with E-state index in [2.05, 4.69) is 75.8 Å². The summed E-state index contributed by atoms with van der Waals surface area (Å²) in [4.78, 5) is 17.9. The summed E-state index contributed by atoms with van der Waals surface area (Å²) < 4.78 is 21.0. The SMILES string of the molecule is O=C(NCC(c1ccccc1F)N1CCCC1)c1ccc(OC2CCN(CC(c3ccccc3)c3ccccc3)CC2)cc1. The third-order valence-electron chi connectivity index (χ3n) is 9.10. The third-order valence-corrected chi connectivity index (χ3v) is 9.10. The lowest BCUT2D eigenvalue weighted by Crippen LogP contribution is -2.40. The first-order chi connectivity index (χ1) is 21.6. The second kappa shape index (κ2) is 14.7. The molecule has 44 heavy (non-hydrogen) atoms. The Morgan fingerprint density at radius 3 is 1.98 bits per heavy atom. The van der Waals surface area contributed by atoms with Crippen molar-refractivity contribution in [1.82, 2.24) is 15.1 Å². The van der Waals surface area contributed by atoms with Crippen LogP contribution >= 0.6 is 0 Å². The van der Waals surface area contributed by atoms with Gasteiger partial charge in [0.05, 0.1) is 6.04 Å². The lowest BCUT2D eigenvalue weighted by Gasteiger charge is -2.34. The highest BCUT2D eigenvalue weighted by atomic mass is 19.1. The molecule has 0 aliphatic carbocycles. The number of carbonyl (C=O) groups excluding carboxylic acids is 1. The van der Waals surface area contributed by atoms with Gasteiger partial charge in [0.1, 0.15) is 17.7 Å². The monoisotopic (exact) mass is 591 g/mol. The van der Waals surface area contributed by atoms with Crippen LogP contribution in [0.4, 0.5) is 4.39 Å². The number of hydrogen-bond donors (Lipinski definition) is 1. The summed E-state index contributed by atoms with van der Waals surface area (Å²) in [5.74, 6) is 0.744. The number of benzene rings is 4. The fourth-order valence-corrected chi connectivity index (χ4v) is 6.64. The van der Waals surface area contributed by atoms with Crippen molar-refractivity contribution in [2.75, 3.05) is 39.3 Å². The van der Waals surface area contributed by atoms with E-state index in [4.69, 9.17) is 4.74 Å². The largest absolute Gasteiger partial charge is 0.490 e. The number of hydrogen-bond acceptors (Lipinski definition) is 4. The highest BCUT2D eigenvalue weighted by Crippen LogP contribution is 2.29. The smallest absolute Gasteiger partial charge is 0.251 e. The summed E-state index contributed by atoms with van der Waals surface area (Å²) >= 11 is 0. The molecule has 1 N–H and O–H groups in total. The lowest BCUT2D eigenvalue weighted by atomic mass is 9.90. The highest BCUT2D eigenvalue weighted by molar-refractivity contribution is 5.94. The molecule has 2 fully saturated rings. The van der Waals surface area contributed by atoms with Crippen LogP contribution in [0.1, 0.15) is 64.7 Å². The number of amides is 1. The van der Waals surface area contributed by atoms with Gasteiger partial charge in [-0.25, -0.2) is 4.39 Å². The van der Waals surface area contributed by atoms with Crippen LogP contribution in [0.25, 0.3) is 0 Å². The molecule has 4 aromatic carbocycles. The highest BCUT2D eigenvalue weighted by Gasteiger charge is 2.27. The maximum atomic E-state index is 14.6. The summed E-state index contributed by atoms with van der Waals surface area (Å²) in [7, 11) is 0. The summed E-state index contributed by atoms with van der Waals surface area (Å²) in [6.45, 7) is 5.16. The Bertz CT molecular complexity index is 1430. The van der Waals surface area contributed by atoms with Crippen LogP contribution < -0.4 is 10.1 Å². The molecule has 1 atom stereocenters. The Labute approximate surface area is 260 Å². The van der Waals surface area contributed by atoms with Crippen molar-refractivity contribution in [3.05, 3.63) is 137 Å². The molecular formula is C38H42FN3O2. The van der Waals surface area contributed by atoms with E-state index >= 15 is 0 Å². The van der Waals surface area contributed by atoms with E-state index in [0.717, 1.165) is 64.2 Å². The minimum atomic E-state index is -0.224. The number of carbonyl (C=O) groups is 1. The Hall–Kier alpha value is -4.00. The average Bonchev–Trinajstić information content (AvgIpc) is 3.61. The minimum absolute atomic E-state index is 0.153. The van der Waals surface area contributed by atoms with Crippen molar-refractivity contribution in [2.24, 2.45) is 0 Å². The Morgan fingerprint density at radius 2 is 1.36 bits per heavy atom. The fraction of sp³-hybridized carbons (Fsp3) is 0.342. The predicted molar refractivity (Wildman–Crippen MR) is 174 cm³/mol. The second-order valence-electron chi connectivity index (χ2n) is 12.0. The van der Waals surface area contributed by atoms with E-state index in [1.165, 1.54) is 17.2 Å². The molecular weight excluding hydrogens is 549 g/mol. The molecule has 2 aliphatic rings. The molecule has 0 bridgehead atoms. The van der Waals surface area contributed by atoms with Gasteiger partial charge in [0, 0.05) is 43.2 Å². The van der Waals surface area contributed by atoms with Crippen LogP contribution in [0, 0.1) is 5.82 Å². The van der Waals surface area contributed by atoms with Crippen LogP contribution in [0.3, 0.4) is 0 Å². The maximum absolute atomic E-state index is 14.6. The van der Waals surface area contributed by atoms with Crippen LogP contribution in [0.15, 0.2) is 109 Å². The Balaban J connectivity index is 1.00. The molecule has 6 heteroatoms. The molecule has 1 unspecified atom stereocenters. The molecule has 0 radical (unpaired) electrons. The summed E-state index contributed by atoms with van der Waals surface area (Å²) in [5, 5.41) is 3.05. The molecule has 1 amide bonds. The fourth-order valence-electron chi connectivity index (χ4n) is 6.64. The minimum Gasteiger partial charge on any atom is -0.490 e. The van der Waals surface area contributed by atoms with Gasteiger partial charge in [-0.05, 0) is 80.2 Å². The van der Waals surface area contributed by atoms with Crippen molar-refractivity contribution in [3.8, 4) is 5.75 Å². The van der Waals surface area contributed by atoms with Gasteiger partial charge >= 0.3 is 0 Å². The van der Waals surface area contributed by atoms with E-state index in [1.54, 1.807) is 6.07 Å². The molecule has 2 aliphatic heterocycles. The molecule has 0 spiro atoms. The molecule has 2 saturated heterocycles. The van der Waals surface area contributed by atoms with Crippen LogP contribution in [-0.2, 0) is 0 Å². The molecule has 0 saturated carbocycles. The van der Waals surface area contributed by atoms with Gasteiger partial charge in [-0.1, -0.05) is 78.9 Å². The zero-order chi connectivity index (χ0) is 30.1. The lowest BCUT2D eigenvalue weighted by molar-refractivity contribution is 0.0936. The molecule has 6 rings (SSSR count). The van der Waals surface area contributed by atoms with E-state index in [-0.39, 0.29) is 23.9 Å². The standard InChI is InChI=1S/C38H42FN3O2/c39-36-16-8-7-15-34(36)37(42-23-9-10-24-42)27-40-38(43)31-17-19-32(20-18-31)44-33-21-25-41(26-22-33)28-35(29-11-3-1-4-12-29)30-13-5-2-6-14-30/h1-8,11-20,33,35,37H,9-10,21-28H2,(H,40,43). The first-order valence-electron chi connectivity index (χ1n) is 16.0. The van der Waals surface area contributed by atoms with Crippen LogP contribution in [-0.4, -0.2) is 61.1 Å². The van der Waals surface area contributed by atoms with E-state index < -0.39 is 0 Å². The first kappa shape index (κ1) is 30.0. The Morgan fingerprint density at radius 1 is 0.773 bits per heavy atom. The van der Waals surface area contributed by atoms with Crippen molar-refractivity contribution in [3.63, 3.8) is 0 Å². The van der Waals surface area contributed by atoms with Crippen LogP contribution in [0.2, 0.25) is 0 Å². The molecule has 2 heterocycles. The van der Waals surface area contributed by atoms with Gasteiger partial charge in [-0.2, -0.15) is 0 Å². The van der Waals surface area contributed by atoms with Gasteiger partial charge < -0.3 is 15.0 Å². The zero-order valence-corrected chi connectivity index (χ0v) is 25.3. The number of likely N-dealkylation sites (tertiary alicyclic amines) is 2. The summed E-state index contributed by atoms with van der Waals surface area (Å²) in [6.07, 6.45) is 4.28. The van der Waals surface area contributed by atoms with Gasteiger partial charge in [0.15, 0.2) is 0 Å². The number of ether oxygens (including phenoxy) is 1. The molecule has 228 valence electrons. The number of nitrogens with one attached hydrogen (secondary N) is 1. The number of halogens is 1. The maximum Gasteiger partial charge on any atom is 0.251 e. The third kappa shape index (κ3) is 7.55. The summed E-state index contributed by atoms with van der Waals surface area (Å²) in [5.41, 5.74) is 3.91. The average molecular weight is 592 g/mol. The molecule has 0 aromatic heterocycles. The normalized spacial score (nSPS) is 17.0. The molecule has 5 nitrogen and oxygen atoms in total. The topological polar surface area (TPSA) is 44.8 Å². The van der Waals surface area contributed by atoms with Crippen molar-refractivity contribution in [2.45, 2.75) is 43.7 Å². The van der Waals surface area contributed by atoms with Crippen molar-refractivity contribution in [1.29, 1.82) is 0 Å². The van der Waals surface area contributed by atoms with Gasteiger partial charge in [-0.3, -0.25) is 9.69 Å². The van der Waals surface area contributed by atoms with Gasteiger partial charge in [0.2, 0.25) is 0 Å². The zero-order valence-electron chi connectivity index (χ0n) is 25.3. The van der Waals surface area contributed by atoms with E-state index in [1.807, 2.05) is 36.4 Å². The van der Waals surface area contributed by atoms with Crippen molar-refractivity contribution < 1.29 is 13.9 Å². The number of nitrogens with zero attached hydrogens (tertiary/aromatic N) is 2. The number of rotatable bonds is 11. The van der Waals surface area contributed by atoms with Gasteiger partial charge in [-0.15, -0.1) is 0 Å². The Kier molecular flexibility index (Phi) is 10.0. The van der Waals surface area contributed by atoms with Crippen LogP contribution in [0.5, 0.6) is 5.75 Å². The van der Waals surface area contributed by atoms with Gasteiger partial charge in [0.25, 0.3) is 5.91 Å². The predicted octanol–water partition coefficient (Wildman–Crippen LogP) is 7.07. The summed E-state index contributed by atoms with van der Waals surface area (Å²) in [6, 6.07) is 35.7. The van der Waals surface area contributed by atoms with Crippen molar-refractivity contribution >= 4 is 5.91 Å². The first-order valence-corrected chi connectivity index (χ1v) is 16.0. The van der Waals surface area contributed by atoms with E-state index in [0.29, 0.717) is 23.6 Å². The second-order valence-corrected chi connectivity index (χ2v) is 12.0. The molecule has 4 aromatic rings. The quantitative estimate of drug-likeness (QED) is 0.203. The number of piperidine rings is 1.